The Hall–Kier alpha value is 0.180. The molecule has 1 rings (SSSR count). The van der Waals surface area contributed by atoms with Crippen molar-refractivity contribution < 1.29 is 0 Å². The second kappa shape index (κ2) is 5.66. The zero-order valence-corrected chi connectivity index (χ0v) is 15.5. The molecule has 0 radical (unpaired) electrons. The van der Waals surface area contributed by atoms with Crippen LogP contribution in [0.5, 0.6) is 0 Å². The fraction of sp³-hybridized carbons (Fsp3) is 0.625. The first-order valence-corrected chi connectivity index (χ1v) is 8.04. The summed E-state index contributed by atoms with van der Waals surface area (Å²) in [6.07, 6.45) is 2.17. The Kier molecular flexibility index (Phi) is 5.11. The van der Waals surface area contributed by atoms with E-state index in [1.807, 2.05) is 0 Å². The van der Waals surface area contributed by atoms with Crippen LogP contribution in [0.1, 0.15) is 52.7 Å². The van der Waals surface area contributed by atoms with Crippen LogP contribution < -0.4 is 0 Å². The molecule has 0 saturated carbocycles. The van der Waals surface area contributed by atoms with Crippen molar-refractivity contribution in [2.24, 2.45) is 10.8 Å². The molecule has 0 N–H and O–H groups in total. The molecular weight excluding hydrogens is 352 g/mol. The van der Waals surface area contributed by atoms with Gasteiger partial charge in [-0.25, -0.2) is 0 Å². The number of rotatable bonds is 2. The van der Waals surface area contributed by atoms with Gasteiger partial charge in [0, 0.05) is 8.95 Å². The van der Waals surface area contributed by atoms with Crippen molar-refractivity contribution in [2.45, 2.75) is 54.4 Å². The van der Waals surface area contributed by atoms with Crippen LogP contribution in [-0.4, -0.2) is 0 Å². The molecular formula is C16H24Br2. The van der Waals surface area contributed by atoms with Gasteiger partial charge in [-0.1, -0.05) is 53.7 Å². The maximum absolute atomic E-state index is 3.74. The highest BCUT2D eigenvalue weighted by atomic mass is 79.9. The Morgan fingerprint density at radius 3 is 1.22 bits per heavy atom. The summed E-state index contributed by atoms with van der Waals surface area (Å²) in [6, 6.07) is 4.53. The maximum atomic E-state index is 3.74. The molecule has 18 heavy (non-hydrogen) atoms. The van der Waals surface area contributed by atoms with E-state index in [0.29, 0.717) is 10.8 Å². The van der Waals surface area contributed by atoms with Gasteiger partial charge in [0.1, 0.15) is 0 Å². The van der Waals surface area contributed by atoms with E-state index in [1.54, 1.807) is 0 Å². The first-order valence-electron chi connectivity index (χ1n) is 6.45. The molecule has 1 aromatic rings. The largest absolute Gasteiger partial charge is 0.0599 e. The Bertz CT molecular complexity index is 379. The zero-order chi connectivity index (χ0) is 14.1. The molecule has 0 aliphatic rings. The number of benzene rings is 1. The van der Waals surface area contributed by atoms with Gasteiger partial charge in [0.2, 0.25) is 0 Å². The monoisotopic (exact) mass is 374 g/mol. The van der Waals surface area contributed by atoms with Crippen molar-refractivity contribution in [2.75, 3.05) is 0 Å². The second-order valence-corrected chi connectivity index (χ2v) is 9.07. The SMILES string of the molecule is CC(C)(C)Cc1ccc(CC(C)(C)C)c(Br)c1Br. The molecule has 0 aromatic heterocycles. The smallest absolute Gasteiger partial charge is 0.0352 e. The average molecular weight is 376 g/mol. The van der Waals surface area contributed by atoms with Crippen molar-refractivity contribution in [3.8, 4) is 0 Å². The average Bonchev–Trinajstić information content (AvgIpc) is 2.14. The van der Waals surface area contributed by atoms with E-state index in [1.165, 1.54) is 20.1 Å². The van der Waals surface area contributed by atoms with E-state index in [4.69, 9.17) is 0 Å². The summed E-state index contributed by atoms with van der Waals surface area (Å²) in [5.41, 5.74) is 3.39. The first-order chi connectivity index (χ1) is 7.99. The van der Waals surface area contributed by atoms with Gasteiger partial charge in [-0.2, -0.15) is 0 Å². The maximum Gasteiger partial charge on any atom is 0.0352 e. The molecule has 0 nitrogen and oxygen atoms in total. The lowest BCUT2D eigenvalue weighted by atomic mass is 9.85. The summed E-state index contributed by atoms with van der Waals surface area (Å²) >= 11 is 7.49. The third-order valence-electron chi connectivity index (χ3n) is 2.68. The van der Waals surface area contributed by atoms with Crippen LogP contribution >= 0.6 is 31.9 Å². The molecule has 0 spiro atoms. The Balaban J connectivity index is 3.06. The molecule has 2 heteroatoms. The normalized spacial score (nSPS) is 12.9. The highest BCUT2D eigenvalue weighted by Crippen LogP contribution is 2.36. The summed E-state index contributed by atoms with van der Waals surface area (Å²) in [4.78, 5) is 0. The van der Waals surface area contributed by atoms with Gasteiger partial charge in [0.25, 0.3) is 0 Å². The molecule has 0 aliphatic carbocycles. The predicted molar refractivity (Wildman–Crippen MR) is 88.2 cm³/mol. The van der Waals surface area contributed by atoms with Crippen LogP contribution in [0.2, 0.25) is 0 Å². The third kappa shape index (κ3) is 5.05. The van der Waals surface area contributed by atoms with Crippen molar-refractivity contribution in [1.29, 1.82) is 0 Å². The van der Waals surface area contributed by atoms with Gasteiger partial charge in [-0.3, -0.25) is 0 Å². The molecule has 0 saturated heterocycles. The molecule has 102 valence electrons. The summed E-state index contributed by atoms with van der Waals surface area (Å²) in [7, 11) is 0. The van der Waals surface area contributed by atoms with Crippen molar-refractivity contribution in [1.82, 2.24) is 0 Å². The second-order valence-electron chi connectivity index (χ2n) is 7.49. The van der Waals surface area contributed by atoms with Gasteiger partial charge >= 0.3 is 0 Å². The van der Waals surface area contributed by atoms with Gasteiger partial charge in [-0.05, 0) is 66.7 Å². The minimum absolute atomic E-state index is 0.313. The van der Waals surface area contributed by atoms with Crippen LogP contribution in [0.4, 0.5) is 0 Å². The van der Waals surface area contributed by atoms with Crippen LogP contribution in [0.15, 0.2) is 21.1 Å². The number of halogens is 2. The van der Waals surface area contributed by atoms with E-state index in [0.717, 1.165) is 12.8 Å². The molecule has 0 heterocycles. The standard InChI is InChI=1S/C16H24Br2/c1-15(2,3)9-11-7-8-12(10-16(4,5)6)14(18)13(11)17/h7-8H,9-10H2,1-6H3. The van der Waals surface area contributed by atoms with E-state index < -0.39 is 0 Å². The van der Waals surface area contributed by atoms with Crippen LogP contribution in [0, 0.1) is 10.8 Å². The van der Waals surface area contributed by atoms with E-state index in [2.05, 4.69) is 85.5 Å². The van der Waals surface area contributed by atoms with Crippen molar-refractivity contribution in [3.63, 3.8) is 0 Å². The number of hydrogen-bond acceptors (Lipinski definition) is 0. The van der Waals surface area contributed by atoms with Crippen molar-refractivity contribution >= 4 is 31.9 Å². The molecule has 0 unspecified atom stereocenters. The minimum atomic E-state index is 0.313. The third-order valence-corrected chi connectivity index (χ3v) is 5.03. The van der Waals surface area contributed by atoms with Gasteiger partial charge in [-0.15, -0.1) is 0 Å². The lowest BCUT2D eigenvalue weighted by Crippen LogP contribution is -2.12. The summed E-state index contributed by atoms with van der Waals surface area (Å²) in [5.74, 6) is 0. The summed E-state index contributed by atoms with van der Waals surface area (Å²) < 4.78 is 2.44. The molecule has 0 atom stereocenters. The van der Waals surface area contributed by atoms with Gasteiger partial charge in [0.05, 0.1) is 0 Å². The van der Waals surface area contributed by atoms with Gasteiger partial charge in [0.15, 0.2) is 0 Å². The molecule has 0 bridgehead atoms. The van der Waals surface area contributed by atoms with E-state index >= 15 is 0 Å². The van der Waals surface area contributed by atoms with E-state index in [-0.39, 0.29) is 0 Å². The highest BCUT2D eigenvalue weighted by molar-refractivity contribution is 9.13. The van der Waals surface area contributed by atoms with Crippen LogP contribution in [0.3, 0.4) is 0 Å². The van der Waals surface area contributed by atoms with E-state index in [9.17, 15) is 0 Å². The van der Waals surface area contributed by atoms with Crippen LogP contribution in [0.25, 0.3) is 0 Å². The summed E-state index contributed by atoms with van der Waals surface area (Å²) in [6.45, 7) is 13.6. The molecule has 1 aromatic carbocycles. The lowest BCUT2D eigenvalue weighted by Gasteiger charge is -2.23. The summed E-state index contributed by atoms with van der Waals surface area (Å²) in [5, 5.41) is 0. The topological polar surface area (TPSA) is 0 Å². The zero-order valence-electron chi connectivity index (χ0n) is 12.3. The molecule has 0 fully saturated rings. The molecule has 0 aliphatic heterocycles. The first kappa shape index (κ1) is 16.2. The Morgan fingerprint density at radius 2 is 1.00 bits per heavy atom. The lowest BCUT2D eigenvalue weighted by molar-refractivity contribution is 0.406. The Labute approximate surface area is 129 Å². The highest BCUT2D eigenvalue weighted by Gasteiger charge is 2.18. The van der Waals surface area contributed by atoms with Crippen molar-refractivity contribution in [3.05, 3.63) is 32.2 Å². The van der Waals surface area contributed by atoms with Crippen LogP contribution in [-0.2, 0) is 12.8 Å². The molecule has 0 amide bonds. The minimum Gasteiger partial charge on any atom is -0.0599 e. The fourth-order valence-electron chi connectivity index (χ4n) is 2.05. The Morgan fingerprint density at radius 1 is 0.722 bits per heavy atom. The fourth-order valence-corrected chi connectivity index (χ4v) is 3.10. The number of hydrogen-bond donors (Lipinski definition) is 0. The quantitative estimate of drug-likeness (QED) is 0.561. The van der Waals surface area contributed by atoms with Gasteiger partial charge < -0.3 is 0 Å². The predicted octanol–water partition coefficient (Wildman–Crippen LogP) is 6.39.